The zero-order valence-corrected chi connectivity index (χ0v) is 13.7. The van der Waals surface area contributed by atoms with Crippen molar-refractivity contribution in [3.05, 3.63) is 45.8 Å². The van der Waals surface area contributed by atoms with Crippen molar-refractivity contribution in [3.8, 4) is 0 Å². The quantitative estimate of drug-likeness (QED) is 0.761. The smallest absolute Gasteiger partial charge is 0.131 e. The first-order valence-electron chi connectivity index (χ1n) is 7.09. The Labute approximate surface area is 130 Å². The molecule has 0 spiro atoms. The molecule has 0 aromatic carbocycles. The fourth-order valence-corrected chi connectivity index (χ4v) is 3.00. The standard InChI is InChI=1S/C16H23N3OS/c1-13-9-14(10-17-6-7-20-3)11-18-16(13)19(2)12-15-5-4-8-21-15/h4-5,8-9,11,17H,6-7,10,12H2,1-3H3. The monoisotopic (exact) mass is 305 g/mol. The lowest BCUT2D eigenvalue weighted by Gasteiger charge is -2.20. The number of thiophene rings is 1. The maximum Gasteiger partial charge on any atom is 0.131 e. The van der Waals surface area contributed by atoms with Gasteiger partial charge < -0.3 is 15.0 Å². The van der Waals surface area contributed by atoms with Gasteiger partial charge in [-0.3, -0.25) is 0 Å². The van der Waals surface area contributed by atoms with Crippen LogP contribution in [0.4, 0.5) is 5.82 Å². The SMILES string of the molecule is COCCNCc1cnc(N(C)Cc2cccs2)c(C)c1. The molecule has 0 saturated carbocycles. The van der Waals surface area contributed by atoms with Crippen molar-refractivity contribution >= 4 is 17.2 Å². The van der Waals surface area contributed by atoms with E-state index in [4.69, 9.17) is 4.74 Å². The van der Waals surface area contributed by atoms with Gasteiger partial charge in [0, 0.05) is 38.3 Å². The summed E-state index contributed by atoms with van der Waals surface area (Å²) >= 11 is 1.78. The average molecular weight is 305 g/mol. The molecule has 21 heavy (non-hydrogen) atoms. The van der Waals surface area contributed by atoms with Crippen LogP contribution in [0.1, 0.15) is 16.0 Å². The molecule has 0 aliphatic rings. The van der Waals surface area contributed by atoms with E-state index < -0.39 is 0 Å². The minimum atomic E-state index is 0.730. The fourth-order valence-electron chi connectivity index (χ4n) is 2.24. The molecule has 2 aromatic heterocycles. The maximum atomic E-state index is 5.02. The Morgan fingerprint density at radius 2 is 2.29 bits per heavy atom. The maximum absolute atomic E-state index is 5.02. The number of methoxy groups -OCH3 is 1. The van der Waals surface area contributed by atoms with Crippen molar-refractivity contribution in [2.75, 3.05) is 32.2 Å². The second-order valence-electron chi connectivity index (χ2n) is 5.09. The van der Waals surface area contributed by atoms with Gasteiger partial charge in [0.05, 0.1) is 13.2 Å². The molecule has 0 aliphatic carbocycles. The van der Waals surface area contributed by atoms with E-state index >= 15 is 0 Å². The molecule has 2 heterocycles. The van der Waals surface area contributed by atoms with Crippen LogP contribution in [0.3, 0.4) is 0 Å². The molecule has 2 aromatic rings. The molecule has 0 saturated heterocycles. The molecule has 2 rings (SSSR count). The number of aromatic nitrogens is 1. The minimum Gasteiger partial charge on any atom is -0.383 e. The molecular weight excluding hydrogens is 282 g/mol. The number of anilines is 1. The van der Waals surface area contributed by atoms with E-state index in [2.05, 4.69) is 52.8 Å². The summed E-state index contributed by atoms with van der Waals surface area (Å²) < 4.78 is 5.02. The second-order valence-corrected chi connectivity index (χ2v) is 6.12. The van der Waals surface area contributed by atoms with E-state index in [1.54, 1.807) is 18.4 Å². The number of pyridine rings is 1. The van der Waals surface area contributed by atoms with Gasteiger partial charge in [0.15, 0.2) is 0 Å². The largest absolute Gasteiger partial charge is 0.383 e. The van der Waals surface area contributed by atoms with Crippen molar-refractivity contribution in [3.63, 3.8) is 0 Å². The predicted octanol–water partition coefficient (Wildman–Crippen LogP) is 2.82. The topological polar surface area (TPSA) is 37.4 Å². The Hall–Kier alpha value is -1.43. The zero-order chi connectivity index (χ0) is 15.1. The summed E-state index contributed by atoms with van der Waals surface area (Å²) in [6.45, 7) is 5.43. The van der Waals surface area contributed by atoms with Crippen molar-refractivity contribution in [2.45, 2.75) is 20.0 Å². The third-order valence-corrected chi connectivity index (χ3v) is 4.12. The highest BCUT2D eigenvalue weighted by Gasteiger charge is 2.08. The molecule has 1 N–H and O–H groups in total. The highest BCUT2D eigenvalue weighted by Crippen LogP contribution is 2.20. The number of nitrogens with zero attached hydrogens (tertiary/aromatic N) is 2. The molecule has 4 nitrogen and oxygen atoms in total. The van der Waals surface area contributed by atoms with Gasteiger partial charge >= 0.3 is 0 Å². The van der Waals surface area contributed by atoms with E-state index in [1.807, 2.05) is 6.20 Å². The van der Waals surface area contributed by atoms with Crippen LogP contribution in [-0.2, 0) is 17.8 Å². The molecule has 0 aliphatic heterocycles. The van der Waals surface area contributed by atoms with E-state index in [0.29, 0.717) is 0 Å². The van der Waals surface area contributed by atoms with Crippen LogP contribution in [0.2, 0.25) is 0 Å². The van der Waals surface area contributed by atoms with Gasteiger partial charge in [0.25, 0.3) is 0 Å². The first-order valence-corrected chi connectivity index (χ1v) is 7.97. The number of nitrogens with one attached hydrogen (secondary N) is 1. The van der Waals surface area contributed by atoms with Gasteiger partial charge in [0.1, 0.15) is 5.82 Å². The average Bonchev–Trinajstić information content (AvgIpc) is 2.96. The molecule has 0 fully saturated rings. The first kappa shape index (κ1) is 15.9. The number of rotatable bonds is 8. The minimum absolute atomic E-state index is 0.730. The van der Waals surface area contributed by atoms with E-state index in [1.165, 1.54) is 16.0 Å². The number of hydrogen-bond acceptors (Lipinski definition) is 5. The van der Waals surface area contributed by atoms with Gasteiger partial charge in [-0.2, -0.15) is 0 Å². The number of ether oxygens (including phenoxy) is 1. The van der Waals surface area contributed by atoms with E-state index in [9.17, 15) is 0 Å². The predicted molar refractivity (Wildman–Crippen MR) is 89.0 cm³/mol. The van der Waals surface area contributed by atoms with Crippen LogP contribution in [0.5, 0.6) is 0 Å². The normalized spacial score (nSPS) is 10.8. The van der Waals surface area contributed by atoms with Gasteiger partial charge in [-0.15, -0.1) is 11.3 Å². The lowest BCUT2D eigenvalue weighted by Crippen LogP contribution is -2.20. The lowest BCUT2D eigenvalue weighted by molar-refractivity contribution is 0.199. The third kappa shape index (κ3) is 4.81. The van der Waals surface area contributed by atoms with Crippen molar-refractivity contribution in [1.29, 1.82) is 0 Å². The summed E-state index contributed by atoms with van der Waals surface area (Å²) in [5.41, 5.74) is 2.41. The number of hydrogen-bond donors (Lipinski definition) is 1. The summed E-state index contributed by atoms with van der Waals surface area (Å²) in [5, 5.41) is 5.45. The summed E-state index contributed by atoms with van der Waals surface area (Å²) in [4.78, 5) is 8.17. The summed E-state index contributed by atoms with van der Waals surface area (Å²) in [6, 6.07) is 6.44. The Balaban J connectivity index is 1.94. The molecule has 5 heteroatoms. The Morgan fingerprint density at radius 3 is 2.95 bits per heavy atom. The highest BCUT2D eigenvalue weighted by molar-refractivity contribution is 7.09. The van der Waals surface area contributed by atoms with Crippen LogP contribution in [0, 0.1) is 6.92 Å². The van der Waals surface area contributed by atoms with Crippen molar-refractivity contribution < 1.29 is 4.74 Å². The fraction of sp³-hybridized carbons (Fsp3) is 0.438. The summed E-state index contributed by atoms with van der Waals surface area (Å²) in [5.74, 6) is 1.05. The van der Waals surface area contributed by atoms with Crippen LogP contribution in [-0.4, -0.2) is 32.3 Å². The van der Waals surface area contributed by atoms with Gasteiger partial charge in [0.2, 0.25) is 0 Å². The molecule has 0 radical (unpaired) electrons. The molecular formula is C16H23N3OS. The Morgan fingerprint density at radius 1 is 1.43 bits per heavy atom. The zero-order valence-electron chi connectivity index (χ0n) is 12.9. The van der Waals surface area contributed by atoms with Crippen LogP contribution in [0.15, 0.2) is 29.8 Å². The van der Waals surface area contributed by atoms with Crippen LogP contribution >= 0.6 is 11.3 Å². The summed E-state index contributed by atoms with van der Waals surface area (Å²) in [7, 11) is 3.80. The first-order chi connectivity index (χ1) is 10.2. The van der Waals surface area contributed by atoms with Crippen molar-refractivity contribution in [1.82, 2.24) is 10.3 Å². The Kier molecular flexibility index (Phi) is 6.17. The van der Waals surface area contributed by atoms with E-state index in [0.717, 1.165) is 32.1 Å². The van der Waals surface area contributed by atoms with E-state index in [-0.39, 0.29) is 0 Å². The van der Waals surface area contributed by atoms with Crippen LogP contribution < -0.4 is 10.2 Å². The van der Waals surface area contributed by atoms with Crippen molar-refractivity contribution in [2.24, 2.45) is 0 Å². The molecule has 0 bridgehead atoms. The second kappa shape index (κ2) is 8.12. The molecule has 0 amide bonds. The lowest BCUT2D eigenvalue weighted by atomic mass is 10.2. The Bertz CT molecular complexity index is 542. The van der Waals surface area contributed by atoms with Gasteiger partial charge in [-0.1, -0.05) is 6.07 Å². The number of aryl methyl sites for hydroxylation is 1. The highest BCUT2D eigenvalue weighted by atomic mass is 32.1. The third-order valence-electron chi connectivity index (χ3n) is 3.25. The van der Waals surface area contributed by atoms with Gasteiger partial charge in [-0.25, -0.2) is 4.98 Å². The van der Waals surface area contributed by atoms with Crippen LogP contribution in [0.25, 0.3) is 0 Å². The molecule has 0 unspecified atom stereocenters. The molecule has 0 atom stereocenters. The van der Waals surface area contributed by atoms with Gasteiger partial charge in [-0.05, 0) is 35.6 Å². The molecule has 114 valence electrons. The summed E-state index contributed by atoms with van der Waals surface area (Å²) in [6.07, 6.45) is 1.95.